The largest absolute Gasteiger partial charge is 0.481 e. The van der Waals surface area contributed by atoms with Crippen LogP contribution in [0, 0.1) is 0 Å². The maximum absolute atomic E-state index is 14.5. The minimum Gasteiger partial charge on any atom is -0.481 e. The lowest BCUT2D eigenvalue weighted by atomic mass is 10.00. The predicted octanol–water partition coefficient (Wildman–Crippen LogP) is -0.0300. The Morgan fingerprint density at radius 2 is 1.08 bits per heavy atom. The first-order valence-corrected chi connectivity index (χ1v) is 20.0. The van der Waals surface area contributed by atoms with Crippen LogP contribution in [0.5, 0.6) is 0 Å². The molecule has 19 heteroatoms. The molecule has 0 aliphatic heterocycles. The Morgan fingerprint density at radius 3 is 1.58 bits per heavy atom. The number of carboxylic acids is 2. The lowest BCUT2D eigenvalue weighted by Gasteiger charge is -2.27. The van der Waals surface area contributed by atoms with E-state index in [4.69, 9.17) is 22.3 Å². The molecular formula is C43H54N10O9. The lowest BCUT2D eigenvalue weighted by molar-refractivity contribution is -0.143. The van der Waals surface area contributed by atoms with Gasteiger partial charge in [-0.3, -0.25) is 33.8 Å². The Bertz CT molecular complexity index is 2190. The number of hydrogen-bond donors (Lipinski definition) is 11. The van der Waals surface area contributed by atoms with Gasteiger partial charge in [0.2, 0.25) is 29.5 Å². The number of carbonyl (C=O) groups is 7. The summed E-state index contributed by atoms with van der Waals surface area (Å²) in [7, 11) is 0. The van der Waals surface area contributed by atoms with Crippen molar-refractivity contribution in [1.82, 2.24) is 31.6 Å². The Kier molecular flexibility index (Phi) is 18.0. The van der Waals surface area contributed by atoms with E-state index in [9.17, 15) is 38.7 Å². The molecule has 3 aromatic carbocycles. The number of aromatic nitrogens is 1. The fraction of sp³-hybridized carbons (Fsp3) is 0.349. The Hall–Kier alpha value is -7.28. The third-order valence-electron chi connectivity index (χ3n) is 9.82. The van der Waals surface area contributed by atoms with E-state index in [1.165, 1.54) is 6.92 Å². The molecule has 0 saturated carbocycles. The number of amides is 5. The molecule has 0 unspecified atom stereocenters. The van der Waals surface area contributed by atoms with E-state index in [1.807, 2.05) is 24.3 Å². The van der Waals surface area contributed by atoms with Gasteiger partial charge in [0.15, 0.2) is 5.96 Å². The second-order valence-electron chi connectivity index (χ2n) is 14.8. The van der Waals surface area contributed by atoms with Gasteiger partial charge in [-0.15, -0.1) is 0 Å². The average Bonchev–Trinajstić information content (AvgIpc) is 3.65. The number of para-hydroxylation sites is 1. The molecule has 4 aromatic rings. The van der Waals surface area contributed by atoms with E-state index in [0.717, 1.165) is 10.9 Å². The van der Waals surface area contributed by atoms with Crippen molar-refractivity contribution in [3.63, 3.8) is 0 Å². The zero-order valence-electron chi connectivity index (χ0n) is 34.2. The van der Waals surface area contributed by atoms with E-state index in [2.05, 4.69) is 36.6 Å². The fourth-order valence-electron chi connectivity index (χ4n) is 6.54. The number of rotatable bonds is 24. The number of guanidine groups is 1. The first-order valence-electron chi connectivity index (χ1n) is 20.0. The quantitative estimate of drug-likeness (QED) is 0.0252. The van der Waals surface area contributed by atoms with Crippen molar-refractivity contribution in [1.29, 1.82) is 0 Å². The van der Waals surface area contributed by atoms with Crippen molar-refractivity contribution in [2.75, 3.05) is 6.54 Å². The number of nitrogens with zero attached hydrogens (tertiary/aromatic N) is 1. The van der Waals surface area contributed by atoms with Crippen LogP contribution in [0.15, 0.2) is 96.1 Å². The summed E-state index contributed by atoms with van der Waals surface area (Å²) in [5.41, 5.74) is 19.4. The maximum Gasteiger partial charge on any atom is 0.326 e. The van der Waals surface area contributed by atoms with Gasteiger partial charge in [0.1, 0.15) is 30.2 Å². The van der Waals surface area contributed by atoms with Gasteiger partial charge in [-0.2, -0.15) is 0 Å². The number of nitrogens with one attached hydrogen (secondary N) is 6. The summed E-state index contributed by atoms with van der Waals surface area (Å²) in [4.78, 5) is 99.7. The summed E-state index contributed by atoms with van der Waals surface area (Å²) in [5, 5.41) is 32.9. The van der Waals surface area contributed by atoms with Gasteiger partial charge in [0, 0.05) is 49.3 Å². The molecular weight excluding hydrogens is 801 g/mol. The van der Waals surface area contributed by atoms with Crippen molar-refractivity contribution in [3.05, 3.63) is 108 Å². The molecule has 19 nitrogen and oxygen atoms in total. The van der Waals surface area contributed by atoms with E-state index in [-0.39, 0.29) is 44.6 Å². The zero-order chi connectivity index (χ0) is 45.2. The van der Waals surface area contributed by atoms with E-state index < -0.39 is 90.6 Å². The number of aliphatic carboxylic acids is 2. The molecule has 6 atom stereocenters. The van der Waals surface area contributed by atoms with E-state index in [1.54, 1.807) is 66.9 Å². The highest BCUT2D eigenvalue weighted by Crippen LogP contribution is 2.20. The molecule has 1 aromatic heterocycles. The second-order valence-corrected chi connectivity index (χ2v) is 14.8. The van der Waals surface area contributed by atoms with Crippen LogP contribution in [-0.4, -0.2) is 105 Å². The highest BCUT2D eigenvalue weighted by atomic mass is 16.4. The smallest absolute Gasteiger partial charge is 0.326 e. The molecule has 0 aliphatic carbocycles. The first kappa shape index (κ1) is 47.4. The summed E-state index contributed by atoms with van der Waals surface area (Å²) in [5.74, 6) is -6.69. The number of nitrogens with two attached hydrogens (primary N) is 3. The molecule has 0 fully saturated rings. The predicted molar refractivity (Wildman–Crippen MR) is 230 cm³/mol. The Balaban J connectivity index is 1.68. The number of H-pyrrole nitrogens is 1. The van der Waals surface area contributed by atoms with Crippen molar-refractivity contribution < 1.29 is 43.8 Å². The van der Waals surface area contributed by atoms with Crippen LogP contribution in [-0.2, 0) is 52.8 Å². The van der Waals surface area contributed by atoms with Crippen molar-refractivity contribution in [3.8, 4) is 0 Å². The monoisotopic (exact) mass is 854 g/mol. The van der Waals surface area contributed by atoms with Gasteiger partial charge in [-0.1, -0.05) is 78.9 Å². The number of carbonyl (C=O) groups excluding carboxylic acids is 5. The number of carboxylic acid groups (broad SMARTS) is 2. The Morgan fingerprint density at radius 1 is 0.613 bits per heavy atom. The molecule has 4 rings (SSSR count). The van der Waals surface area contributed by atoms with Crippen LogP contribution in [0.4, 0.5) is 0 Å². The van der Waals surface area contributed by atoms with E-state index >= 15 is 0 Å². The molecule has 0 bridgehead atoms. The summed E-state index contributed by atoms with van der Waals surface area (Å²) < 4.78 is 0. The summed E-state index contributed by atoms with van der Waals surface area (Å²) in [6.45, 7) is 1.60. The number of hydrogen-bond acceptors (Lipinski definition) is 9. The number of benzene rings is 3. The molecule has 330 valence electrons. The van der Waals surface area contributed by atoms with Crippen LogP contribution < -0.4 is 43.8 Å². The lowest BCUT2D eigenvalue weighted by Crippen LogP contribution is -2.60. The normalized spacial score (nSPS) is 13.8. The minimum absolute atomic E-state index is 0.0603. The fourth-order valence-corrected chi connectivity index (χ4v) is 6.54. The van der Waals surface area contributed by atoms with Crippen molar-refractivity contribution in [2.45, 2.75) is 88.1 Å². The second kappa shape index (κ2) is 23.5. The SMILES string of the molecule is C[C@H](N)C(=O)N[C@@H](CCCN=C(N)N)C(=O)N[C@@H](Cc1c[nH]c2ccccc12)C(=O)N[C@@H](Cc1ccccc1)C(=O)N[C@@H](Cc1ccccc1)C(=O)N[C@@H](CCC(=O)O)C(=O)O. The standard InChI is InChI=1S/C43H54N10O9/c1-25(44)37(56)49-31(17-10-20-47-43(45)46)38(57)53-35(23-28-24-48-30-16-9-8-15-29(28)30)41(60)52-34(22-27-13-6-3-7-14-27)40(59)51-33(21-26-11-4-2-5-12-26)39(58)50-32(42(61)62)18-19-36(54)55/h2-9,11-16,24-25,31-35,48H,10,17-23,44H2,1H3,(H,49,56)(H,50,58)(H,51,59)(H,52,60)(H,53,57)(H,54,55)(H,61,62)(H4,45,46,47)/t25-,31-,32-,33-,34-,35-/m0/s1. The van der Waals surface area contributed by atoms with Crippen molar-refractivity contribution in [2.24, 2.45) is 22.2 Å². The molecule has 5 amide bonds. The third kappa shape index (κ3) is 15.1. The molecule has 14 N–H and O–H groups in total. The molecule has 0 saturated heterocycles. The van der Waals surface area contributed by atoms with Gasteiger partial charge in [-0.05, 0) is 48.9 Å². The summed E-state index contributed by atoms with van der Waals surface area (Å²) >= 11 is 0. The summed E-state index contributed by atoms with van der Waals surface area (Å²) in [6.07, 6.45) is 0.880. The highest BCUT2D eigenvalue weighted by Gasteiger charge is 2.33. The van der Waals surface area contributed by atoms with Gasteiger partial charge < -0.3 is 59.0 Å². The first-order chi connectivity index (χ1) is 29.6. The summed E-state index contributed by atoms with van der Waals surface area (Å²) in [6, 6.07) is 16.9. The van der Waals surface area contributed by atoms with Gasteiger partial charge in [0.05, 0.1) is 6.04 Å². The van der Waals surface area contributed by atoms with Gasteiger partial charge >= 0.3 is 11.9 Å². The van der Waals surface area contributed by atoms with Crippen LogP contribution in [0.1, 0.15) is 49.3 Å². The van der Waals surface area contributed by atoms with Crippen LogP contribution in [0.3, 0.4) is 0 Å². The maximum atomic E-state index is 14.5. The third-order valence-corrected chi connectivity index (χ3v) is 9.82. The Labute approximate surface area is 357 Å². The molecule has 0 radical (unpaired) electrons. The van der Waals surface area contributed by atoms with Gasteiger partial charge in [0.25, 0.3) is 0 Å². The zero-order valence-corrected chi connectivity index (χ0v) is 34.2. The number of aromatic amines is 1. The average molecular weight is 855 g/mol. The van der Waals surface area contributed by atoms with Crippen LogP contribution in [0.2, 0.25) is 0 Å². The van der Waals surface area contributed by atoms with E-state index in [0.29, 0.717) is 16.7 Å². The van der Waals surface area contributed by atoms with Crippen LogP contribution >= 0.6 is 0 Å². The van der Waals surface area contributed by atoms with Gasteiger partial charge in [-0.25, -0.2) is 4.79 Å². The highest BCUT2D eigenvalue weighted by molar-refractivity contribution is 5.97. The minimum atomic E-state index is -1.57. The topological polar surface area (TPSA) is 326 Å². The molecule has 1 heterocycles. The van der Waals surface area contributed by atoms with Crippen LogP contribution in [0.25, 0.3) is 10.9 Å². The molecule has 0 spiro atoms. The molecule has 62 heavy (non-hydrogen) atoms. The van der Waals surface area contributed by atoms with Crippen molar-refractivity contribution >= 4 is 58.3 Å². The number of fused-ring (bicyclic) bond motifs is 1. The number of aliphatic imine (C=N–C) groups is 1. The molecule has 0 aliphatic rings.